The summed E-state index contributed by atoms with van der Waals surface area (Å²) in [7, 11) is 1.35. The molecule has 3 saturated carbocycles. The van der Waals surface area contributed by atoms with Gasteiger partial charge in [0, 0.05) is 6.42 Å². The van der Waals surface area contributed by atoms with Gasteiger partial charge in [0.05, 0.1) is 20.0 Å². The Bertz CT molecular complexity index is 830. The van der Waals surface area contributed by atoms with Crippen molar-refractivity contribution >= 4 is 11.9 Å². The maximum absolute atomic E-state index is 12.3. The predicted molar refractivity (Wildman–Crippen MR) is 144 cm³/mol. The third kappa shape index (κ3) is 5.44. The lowest BCUT2D eigenvalue weighted by atomic mass is 9.47. The molecule has 3 fully saturated rings. The SMILES string of the molecule is COC(=O)CCC(=O)O[C@H]1CC[C@@]2(C)C(=CC[C@H]3[C@@H]4CC[C@H]([C@H](C)CCCC(C)C)[C@@]4(C)CC[C@@H]32)C1. The number of esters is 2. The molecular formula is C32H52O4. The summed E-state index contributed by atoms with van der Waals surface area (Å²) >= 11 is 0. The average molecular weight is 501 g/mol. The highest BCUT2D eigenvalue weighted by Gasteiger charge is 2.59. The molecule has 4 aliphatic carbocycles. The summed E-state index contributed by atoms with van der Waals surface area (Å²) in [5.74, 6) is 4.42. The number of hydrogen-bond acceptors (Lipinski definition) is 4. The third-order valence-corrected chi connectivity index (χ3v) is 11.3. The fourth-order valence-corrected chi connectivity index (χ4v) is 9.30. The van der Waals surface area contributed by atoms with E-state index in [4.69, 9.17) is 4.74 Å². The van der Waals surface area contributed by atoms with Crippen LogP contribution in [0.5, 0.6) is 0 Å². The molecule has 0 aliphatic heterocycles. The van der Waals surface area contributed by atoms with Crippen molar-refractivity contribution in [3.8, 4) is 0 Å². The number of allylic oxidation sites excluding steroid dienone is 1. The van der Waals surface area contributed by atoms with Gasteiger partial charge in [0.25, 0.3) is 0 Å². The molecule has 0 spiro atoms. The van der Waals surface area contributed by atoms with E-state index in [9.17, 15) is 9.59 Å². The molecule has 4 rings (SSSR count). The lowest BCUT2D eigenvalue weighted by Gasteiger charge is -2.58. The second-order valence-corrected chi connectivity index (χ2v) is 13.7. The van der Waals surface area contributed by atoms with Crippen molar-refractivity contribution in [2.45, 2.75) is 124 Å². The van der Waals surface area contributed by atoms with Crippen molar-refractivity contribution in [3.63, 3.8) is 0 Å². The van der Waals surface area contributed by atoms with Gasteiger partial charge in [-0.15, -0.1) is 0 Å². The van der Waals surface area contributed by atoms with Gasteiger partial charge in [-0.1, -0.05) is 65.5 Å². The highest BCUT2D eigenvalue weighted by Crippen LogP contribution is 2.67. The van der Waals surface area contributed by atoms with E-state index in [1.54, 1.807) is 5.57 Å². The number of methoxy groups -OCH3 is 1. The molecular weight excluding hydrogens is 448 g/mol. The number of hydrogen-bond donors (Lipinski definition) is 0. The Morgan fingerprint density at radius 3 is 2.44 bits per heavy atom. The van der Waals surface area contributed by atoms with E-state index in [-0.39, 0.29) is 36.3 Å². The minimum atomic E-state index is -0.354. The van der Waals surface area contributed by atoms with Gasteiger partial charge in [-0.2, -0.15) is 0 Å². The minimum absolute atomic E-state index is 0.0394. The Labute approximate surface area is 220 Å². The molecule has 36 heavy (non-hydrogen) atoms. The van der Waals surface area contributed by atoms with E-state index >= 15 is 0 Å². The highest BCUT2D eigenvalue weighted by atomic mass is 16.5. The number of ether oxygens (including phenoxy) is 2. The van der Waals surface area contributed by atoms with Gasteiger partial charge in [-0.3, -0.25) is 9.59 Å². The third-order valence-electron chi connectivity index (χ3n) is 11.3. The molecule has 4 heteroatoms. The van der Waals surface area contributed by atoms with Crippen LogP contribution in [0.25, 0.3) is 0 Å². The lowest BCUT2D eigenvalue weighted by molar-refractivity contribution is -0.154. The van der Waals surface area contributed by atoms with Crippen molar-refractivity contribution in [1.82, 2.24) is 0 Å². The van der Waals surface area contributed by atoms with Crippen LogP contribution >= 0.6 is 0 Å². The zero-order valence-corrected chi connectivity index (χ0v) is 23.9. The second kappa shape index (κ2) is 11.2. The number of carbonyl (C=O) groups excluding carboxylic acids is 2. The van der Waals surface area contributed by atoms with Crippen molar-refractivity contribution in [2.75, 3.05) is 7.11 Å². The molecule has 0 aromatic carbocycles. The molecule has 0 heterocycles. The Kier molecular flexibility index (Phi) is 8.62. The summed E-state index contributed by atoms with van der Waals surface area (Å²) in [5.41, 5.74) is 2.33. The summed E-state index contributed by atoms with van der Waals surface area (Å²) in [6, 6.07) is 0. The van der Waals surface area contributed by atoms with Crippen LogP contribution in [0.1, 0.15) is 118 Å². The Morgan fingerprint density at radius 1 is 0.972 bits per heavy atom. The minimum Gasteiger partial charge on any atom is -0.469 e. The largest absolute Gasteiger partial charge is 0.469 e. The van der Waals surface area contributed by atoms with E-state index in [1.165, 1.54) is 58.5 Å². The quantitative estimate of drug-likeness (QED) is 0.238. The van der Waals surface area contributed by atoms with Crippen LogP contribution < -0.4 is 0 Å². The molecule has 8 atom stereocenters. The standard InChI is InChI=1S/C32H52O4/c1-21(2)8-7-9-22(3)26-12-13-27-25-11-10-23-20-24(36-30(34)15-14-29(33)35-6)16-18-31(23,4)28(25)17-19-32(26,27)5/h10,21-22,24-28H,7-9,11-20H2,1-6H3/t22-,24+,25+,26-,27+,28+,31+,32-/m1/s1. The van der Waals surface area contributed by atoms with Crippen LogP contribution in [0, 0.1) is 46.3 Å². The van der Waals surface area contributed by atoms with Gasteiger partial charge in [-0.05, 0) is 91.3 Å². The molecule has 0 saturated heterocycles. The summed E-state index contributed by atoms with van der Waals surface area (Å²) in [4.78, 5) is 23.7. The molecule has 4 nitrogen and oxygen atoms in total. The van der Waals surface area contributed by atoms with Gasteiger partial charge in [0.2, 0.25) is 0 Å². The van der Waals surface area contributed by atoms with E-state index in [0.717, 1.165) is 54.8 Å². The zero-order chi connectivity index (χ0) is 26.1. The van der Waals surface area contributed by atoms with Gasteiger partial charge in [0.15, 0.2) is 0 Å². The van der Waals surface area contributed by atoms with Gasteiger partial charge >= 0.3 is 11.9 Å². The molecule has 0 radical (unpaired) electrons. The Morgan fingerprint density at radius 2 is 1.72 bits per heavy atom. The van der Waals surface area contributed by atoms with Crippen molar-refractivity contribution in [2.24, 2.45) is 46.3 Å². The first-order valence-electron chi connectivity index (χ1n) is 15.0. The lowest BCUT2D eigenvalue weighted by Crippen LogP contribution is -2.51. The smallest absolute Gasteiger partial charge is 0.306 e. The van der Waals surface area contributed by atoms with Gasteiger partial charge < -0.3 is 9.47 Å². The number of fused-ring (bicyclic) bond motifs is 5. The number of carbonyl (C=O) groups is 2. The van der Waals surface area contributed by atoms with Gasteiger partial charge in [0.1, 0.15) is 6.10 Å². The van der Waals surface area contributed by atoms with Crippen LogP contribution in [-0.4, -0.2) is 25.2 Å². The average Bonchev–Trinajstić information content (AvgIpc) is 3.19. The molecule has 0 aromatic rings. The van der Waals surface area contributed by atoms with E-state index in [0.29, 0.717) is 5.41 Å². The number of rotatable bonds is 9. The van der Waals surface area contributed by atoms with Crippen molar-refractivity contribution < 1.29 is 19.1 Å². The zero-order valence-electron chi connectivity index (χ0n) is 23.9. The second-order valence-electron chi connectivity index (χ2n) is 13.7. The molecule has 204 valence electrons. The van der Waals surface area contributed by atoms with E-state index in [1.807, 2.05) is 0 Å². The first-order chi connectivity index (χ1) is 17.1. The highest BCUT2D eigenvalue weighted by molar-refractivity contribution is 5.77. The maximum Gasteiger partial charge on any atom is 0.306 e. The molecule has 0 amide bonds. The van der Waals surface area contributed by atoms with Crippen LogP contribution in [-0.2, 0) is 19.1 Å². The van der Waals surface area contributed by atoms with E-state index in [2.05, 4.69) is 45.4 Å². The first kappa shape index (κ1) is 27.7. The molecule has 0 N–H and O–H groups in total. The van der Waals surface area contributed by atoms with Crippen LogP contribution in [0.15, 0.2) is 11.6 Å². The Hall–Kier alpha value is -1.32. The fraction of sp³-hybridized carbons (Fsp3) is 0.875. The fourth-order valence-electron chi connectivity index (χ4n) is 9.30. The predicted octanol–water partition coefficient (Wildman–Crippen LogP) is 7.89. The van der Waals surface area contributed by atoms with Crippen LogP contribution in [0.4, 0.5) is 0 Å². The van der Waals surface area contributed by atoms with Crippen LogP contribution in [0.2, 0.25) is 0 Å². The van der Waals surface area contributed by atoms with Crippen LogP contribution in [0.3, 0.4) is 0 Å². The molecule has 0 unspecified atom stereocenters. The summed E-state index contributed by atoms with van der Waals surface area (Å²) < 4.78 is 10.5. The monoisotopic (exact) mass is 500 g/mol. The topological polar surface area (TPSA) is 52.6 Å². The van der Waals surface area contributed by atoms with Gasteiger partial charge in [-0.25, -0.2) is 0 Å². The van der Waals surface area contributed by atoms with Crippen molar-refractivity contribution in [3.05, 3.63) is 11.6 Å². The summed E-state index contributed by atoms with van der Waals surface area (Å²) in [6.07, 6.45) is 16.7. The Balaban J connectivity index is 1.38. The maximum atomic E-state index is 12.3. The van der Waals surface area contributed by atoms with E-state index < -0.39 is 0 Å². The molecule has 0 bridgehead atoms. The first-order valence-corrected chi connectivity index (χ1v) is 15.0. The summed E-state index contributed by atoms with van der Waals surface area (Å²) in [5, 5.41) is 0. The molecule has 4 aliphatic rings. The summed E-state index contributed by atoms with van der Waals surface area (Å²) in [6.45, 7) is 12.4. The van der Waals surface area contributed by atoms with Crippen molar-refractivity contribution in [1.29, 1.82) is 0 Å². The molecule has 0 aromatic heterocycles. The normalized spacial score (nSPS) is 38.4.